The van der Waals surface area contributed by atoms with E-state index in [0.717, 1.165) is 114 Å². The Labute approximate surface area is 488 Å². The molecule has 15 aliphatic rings. The molecular formula is C75H92N2O5. The van der Waals surface area contributed by atoms with E-state index in [-0.39, 0.29) is 34.5 Å². The van der Waals surface area contributed by atoms with Crippen LogP contribution in [0.25, 0.3) is 17.2 Å². The number of hydrogen-bond donors (Lipinski definition) is 6. The number of aliphatic hydroxyl groups excluding tert-OH is 3. The predicted octanol–water partition coefficient (Wildman–Crippen LogP) is 13.6. The standard InChI is InChI=1S/C75H92N2O5/c1-46(2)33-55-28-30-71(3)66(80)29-31-75-62-38-52-20-11-12-22-58(52)60-37-48-17-13-21-51(35-48)53-25-27-67(77-44-53)76-32-14-23-57(50-18-9-6-10-19-50)54(45-78)24-26-59(69(81)82)68-65(79)43-74-40-49(34-47-15-7-5-8-16-47)36-56(72(68,74)4)39-63(75)64(74)42-73(55,70(71)75)41-61(60)62/h5,7-8,11-13,15-17,20-22,25,27-28,35,38,41,45-46,49-50,56-57,59,62,65-66,68,70,76-80H,6,9-10,14,18-19,23-24,26,29-34,36-37,39-40,42-44H2,1-4H3,(H,81,82)/b54-45+/t49-,56-,57-,59+,62+,65+,66-,68-,70+,71+,72+,73+,74-,75-/m0/s1. The summed E-state index contributed by atoms with van der Waals surface area (Å²) >= 11 is 0. The lowest BCUT2D eigenvalue weighted by molar-refractivity contribution is -0.175. The number of fused-ring (bicyclic) bond motifs is 1. The van der Waals surface area contributed by atoms with Crippen LogP contribution in [0.1, 0.15) is 160 Å². The molecule has 0 amide bonds. The molecule has 4 fully saturated rings. The van der Waals surface area contributed by atoms with E-state index in [1.165, 1.54) is 69.4 Å². The van der Waals surface area contributed by atoms with Gasteiger partial charge in [-0.2, -0.15) is 0 Å². The Morgan fingerprint density at radius 1 is 0.866 bits per heavy atom. The first-order valence-corrected chi connectivity index (χ1v) is 32.6. The zero-order chi connectivity index (χ0) is 56.3. The van der Waals surface area contributed by atoms with Crippen molar-refractivity contribution >= 4 is 23.2 Å². The molecule has 3 aromatic rings. The molecule has 6 N–H and O–H groups in total. The third-order valence-electron chi connectivity index (χ3n) is 25.1. The maximum Gasteiger partial charge on any atom is 0.306 e. The van der Waals surface area contributed by atoms with Crippen molar-refractivity contribution in [1.82, 2.24) is 10.6 Å². The van der Waals surface area contributed by atoms with Gasteiger partial charge in [0.15, 0.2) is 0 Å². The van der Waals surface area contributed by atoms with Crippen LogP contribution >= 0.6 is 0 Å². The van der Waals surface area contributed by atoms with Crippen molar-refractivity contribution in [3.63, 3.8) is 0 Å². The van der Waals surface area contributed by atoms with Crippen LogP contribution in [0.5, 0.6) is 0 Å². The molecule has 18 rings (SSSR count). The monoisotopic (exact) mass is 1100 g/mol. The second-order valence-electron chi connectivity index (χ2n) is 29.4. The number of allylic oxidation sites excluding steroid dienone is 9. The molecule has 0 unspecified atom stereocenters. The van der Waals surface area contributed by atoms with E-state index in [4.69, 9.17) is 0 Å². The quantitative estimate of drug-likeness (QED) is 0.107. The van der Waals surface area contributed by atoms with Crippen LogP contribution in [-0.4, -0.2) is 51.7 Å². The number of aliphatic carboxylic acids is 1. The minimum absolute atomic E-state index is 0.0883. The summed E-state index contributed by atoms with van der Waals surface area (Å²) in [5, 5.41) is 59.7. The molecule has 7 heteroatoms. The Kier molecular flexibility index (Phi) is 13.8. The van der Waals surface area contributed by atoms with Crippen LogP contribution in [0, 0.1) is 80.3 Å². The van der Waals surface area contributed by atoms with Crippen LogP contribution in [0.15, 0.2) is 143 Å². The molecule has 6 heterocycles. The van der Waals surface area contributed by atoms with Crippen molar-refractivity contribution < 1.29 is 25.2 Å². The molecule has 0 aromatic heterocycles. The highest BCUT2D eigenvalue weighted by Gasteiger charge is 2.78. The third-order valence-corrected chi connectivity index (χ3v) is 25.1. The normalized spacial score (nSPS) is 39.1. The number of hydrogen-bond acceptors (Lipinski definition) is 6. The fraction of sp³-hybridized carbons (Fsp3) is 0.560. The summed E-state index contributed by atoms with van der Waals surface area (Å²) in [6.45, 7) is 11.3. The number of benzene rings is 3. The average Bonchev–Trinajstić information content (AvgIpc) is 0.971. The smallest absolute Gasteiger partial charge is 0.306 e. The first-order chi connectivity index (χ1) is 39.7. The Morgan fingerprint density at radius 2 is 1.68 bits per heavy atom. The Bertz CT molecular complexity index is 3360. The van der Waals surface area contributed by atoms with Crippen LogP contribution in [0.3, 0.4) is 0 Å². The zero-order valence-electron chi connectivity index (χ0n) is 49.6. The van der Waals surface area contributed by atoms with Crippen LogP contribution in [0.4, 0.5) is 0 Å². The lowest BCUT2D eigenvalue weighted by Crippen LogP contribution is -2.69. The predicted molar refractivity (Wildman–Crippen MR) is 329 cm³/mol. The van der Waals surface area contributed by atoms with Crippen LogP contribution in [-0.2, 0) is 17.6 Å². The summed E-state index contributed by atoms with van der Waals surface area (Å²) in [5.41, 5.74) is 12.0. The van der Waals surface area contributed by atoms with Crippen molar-refractivity contribution in [3.8, 4) is 0 Å². The van der Waals surface area contributed by atoms with Gasteiger partial charge in [0.05, 0.1) is 30.2 Å². The van der Waals surface area contributed by atoms with E-state index < -0.39 is 46.3 Å². The third kappa shape index (κ3) is 8.31. The highest BCUT2D eigenvalue weighted by Crippen LogP contribution is 2.84. The first-order valence-electron chi connectivity index (χ1n) is 32.6. The molecule has 432 valence electrons. The molecule has 3 aromatic carbocycles. The van der Waals surface area contributed by atoms with Gasteiger partial charge in [-0.05, 0) is 206 Å². The number of rotatable bonds is 6. The van der Waals surface area contributed by atoms with E-state index in [9.17, 15) is 25.2 Å². The minimum atomic E-state index is -0.795. The molecule has 9 aliphatic carbocycles. The molecule has 7 nitrogen and oxygen atoms in total. The lowest BCUT2D eigenvalue weighted by atomic mass is 9.28. The lowest BCUT2D eigenvalue weighted by Gasteiger charge is -2.75. The highest BCUT2D eigenvalue weighted by atomic mass is 16.4. The van der Waals surface area contributed by atoms with Gasteiger partial charge in [0.1, 0.15) is 0 Å². The van der Waals surface area contributed by atoms with Gasteiger partial charge in [0, 0.05) is 46.6 Å². The second-order valence-corrected chi connectivity index (χ2v) is 29.4. The summed E-state index contributed by atoms with van der Waals surface area (Å²) in [6.07, 6.45) is 31.2. The molecule has 14 atom stereocenters. The summed E-state index contributed by atoms with van der Waals surface area (Å²) in [6, 6.07) is 29.7. The maximum absolute atomic E-state index is 14.5. The number of nitrogens with one attached hydrogen (secondary N) is 2. The van der Waals surface area contributed by atoms with E-state index >= 15 is 0 Å². The molecule has 4 saturated carbocycles. The van der Waals surface area contributed by atoms with Crippen LogP contribution < -0.4 is 21.1 Å². The SMILES string of the molecule is CC(C)CC1=CC[C@]2(C)[C@@H](O)CC[C@@]34C5=C6C[C@@]1(C=C1C(=c7ccccc7=C[C@H]13)Cc1cccc(c1)C1=CC=C(NCCC[C@@H](C3CCCCC3)/C(=C/O)CC[C@@H](C(=O)O)[C@H]3[C@H](O)C[C@@]67C[C@@H](Cc6ccccc6)C[C@@H](C5)[C@]37C)NC1)[C@@H]24. The largest absolute Gasteiger partial charge is 0.516 e. The van der Waals surface area contributed by atoms with Crippen LogP contribution in [0.2, 0.25) is 0 Å². The fourth-order valence-electron chi connectivity index (χ4n) is 22.1. The minimum Gasteiger partial charge on any atom is -0.516 e. The van der Waals surface area contributed by atoms with Crippen molar-refractivity contribution in [2.75, 3.05) is 13.1 Å². The first kappa shape index (κ1) is 54.6. The molecule has 82 heavy (non-hydrogen) atoms. The fourth-order valence-corrected chi connectivity index (χ4v) is 22.1. The van der Waals surface area contributed by atoms with E-state index in [1.807, 2.05) is 0 Å². The van der Waals surface area contributed by atoms with Gasteiger partial charge in [-0.1, -0.05) is 167 Å². The van der Waals surface area contributed by atoms with Gasteiger partial charge in [0.25, 0.3) is 0 Å². The van der Waals surface area contributed by atoms with Gasteiger partial charge in [-0.25, -0.2) is 0 Å². The van der Waals surface area contributed by atoms with Gasteiger partial charge >= 0.3 is 5.97 Å². The van der Waals surface area contributed by atoms with Crippen molar-refractivity contribution in [2.24, 2.45) is 80.3 Å². The van der Waals surface area contributed by atoms with Crippen molar-refractivity contribution in [2.45, 2.75) is 168 Å². The summed E-state index contributed by atoms with van der Waals surface area (Å²) in [7, 11) is 0. The molecular weight excluding hydrogens is 1010 g/mol. The number of dihydropyridines is 1. The van der Waals surface area contributed by atoms with E-state index in [0.29, 0.717) is 37.0 Å². The Morgan fingerprint density at radius 3 is 2.46 bits per heavy atom. The molecule has 6 aliphatic heterocycles. The molecule has 0 radical (unpaired) electrons. The average molecular weight is 1100 g/mol. The summed E-state index contributed by atoms with van der Waals surface area (Å²) in [5.74, 6) is 0.904. The summed E-state index contributed by atoms with van der Waals surface area (Å²) < 4.78 is 0. The molecule has 2 spiro atoms. The zero-order valence-corrected chi connectivity index (χ0v) is 49.6. The second kappa shape index (κ2) is 20.7. The number of carboxylic acids is 1. The highest BCUT2D eigenvalue weighted by molar-refractivity contribution is 5.78. The molecule has 15 bridgehead atoms. The number of aliphatic hydroxyl groups is 3. The Hall–Kier alpha value is -5.37. The van der Waals surface area contributed by atoms with E-state index in [1.54, 1.807) is 16.7 Å². The van der Waals surface area contributed by atoms with Gasteiger partial charge < -0.3 is 31.1 Å². The number of carbonyl (C=O) groups is 1. The Balaban J connectivity index is 0.998. The maximum atomic E-state index is 14.5. The molecule has 0 saturated heterocycles. The van der Waals surface area contributed by atoms with Gasteiger partial charge in [-0.15, -0.1) is 0 Å². The topological polar surface area (TPSA) is 122 Å². The summed E-state index contributed by atoms with van der Waals surface area (Å²) in [4.78, 5) is 14.5. The van der Waals surface area contributed by atoms with Gasteiger partial charge in [-0.3, -0.25) is 4.79 Å². The van der Waals surface area contributed by atoms with E-state index in [2.05, 4.69) is 148 Å². The van der Waals surface area contributed by atoms with Crippen molar-refractivity contribution in [1.29, 1.82) is 0 Å². The number of carboxylic acid groups (broad SMARTS) is 1. The van der Waals surface area contributed by atoms with Gasteiger partial charge in [0.2, 0.25) is 0 Å². The van der Waals surface area contributed by atoms with Crippen molar-refractivity contribution in [3.05, 3.63) is 170 Å².